The largest absolute Gasteiger partial charge is 0.495 e. The van der Waals surface area contributed by atoms with Crippen LogP contribution in [0, 0.1) is 20.8 Å². The molecule has 0 radical (unpaired) electrons. The number of hydrogen-bond donors (Lipinski definition) is 2. The maximum atomic E-state index is 6.23. The molecule has 0 bridgehead atoms. The first-order chi connectivity index (χ1) is 12.5. The van der Waals surface area contributed by atoms with Crippen molar-refractivity contribution in [1.82, 2.24) is 9.97 Å². The number of rotatable bonds is 5. The van der Waals surface area contributed by atoms with Crippen LogP contribution in [-0.2, 0) is 0 Å². The molecule has 6 nitrogen and oxygen atoms in total. The van der Waals surface area contributed by atoms with E-state index in [9.17, 15) is 0 Å². The molecule has 0 unspecified atom stereocenters. The maximum absolute atomic E-state index is 6.23. The number of nitrogens with two attached hydrogens (primary N) is 1. The molecule has 1 heterocycles. The fourth-order valence-corrected chi connectivity index (χ4v) is 2.71. The van der Waals surface area contributed by atoms with E-state index in [0.717, 1.165) is 22.4 Å². The van der Waals surface area contributed by atoms with Crippen molar-refractivity contribution < 1.29 is 9.47 Å². The van der Waals surface area contributed by atoms with Gasteiger partial charge in [-0.25, -0.2) is 4.98 Å². The highest BCUT2D eigenvalue weighted by Crippen LogP contribution is 2.34. The van der Waals surface area contributed by atoms with E-state index in [2.05, 4.69) is 21.4 Å². The van der Waals surface area contributed by atoms with Gasteiger partial charge in [-0.05, 0) is 61.7 Å². The van der Waals surface area contributed by atoms with Gasteiger partial charge in [0, 0.05) is 0 Å². The van der Waals surface area contributed by atoms with Gasteiger partial charge in [-0.15, -0.1) is 0 Å². The van der Waals surface area contributed by atoms with E-state index in [-0.39, 0.29) is 0 Å². The molecule has 6 heteroatoms. The molecule has 0 aliphatic rings. The van der Waals surface area contributed by atoms with Crippen LogP contribution in [0.25, 0.3) is 0 Å². The predicted molar refractivity (Wildman–Crippen MR) is 103 cm³/mol. The second-order valence-corrected chi connectivity index (χ2v) is 6.20. The van der Waals surface area contributed by atoms with Gasteiger partial charge < -0.3 is 20.5 Å². The van der Waals surface area contributed by atoms with E-state index >= 15 is 0 Å². The van der Waals surface area contributed by atoms with Crippen molar-refractivity contribution in [2.24, 2.45) is 0 Å². The number of aromatic nitrogens is 2. The summed E-state index contributed by atoms with van der Waals surface area (Å²) < 4.78 is 11.3. The highest BCUT2D eigenvalue weighted by molar-refractivity contribution is 5.75. The van der Waals surface area contributed by atoms with E-state index in [4.69, 9.17) is 15.2 Å². The topological polar surface area (TPSA) is 82.3 Å². The molecular weight excluding hydrogens is 328 g/mol. The van der Waals surface area contributed by atoms with Gasteiger partial charge in [-0.1, -0.05) is 12.1 Å². The third kappa shape index (κ3) is 3.85. The molecule has 3 N–H and O–H groups in total. The number of nitrogens with one attached hydrogen (secondary N) is 1. The predicted octanol–water partition coefficient (Wildman–Crippen LogP) is 4.53. The molecule has 1 aromatic heterocycles. The molecule has 0 atom stereocenters. The Bertz CT molecular complexity index is 921. The number of nitrogen functional groups attached to an aromatic ring is 1. The van der Waals surface area contributed by atoms with E-state index in [1.807, 2.05) is 51.1 Å². The first-order valence-electron chi connectivity index (χ1n) is 8.24. The molecular formula is C20H22N4O2. The van der Waals surface area contributed by atoms with Gasteiger partial charge >= 0.3 is 0 Å². The minimum atomic E-state index is 0.305. The van der Waals surface area contributed by atoms with Crippen LogP contribution in [0.15, 0.2) is 42.7 Å². The van der Waals surface area contributed by atoms with Crippen molar-refractivity contribution in [3.05, 3.63) is 59.4 Å². The normalized spacial score (nSPS) is 10.5. The van der Waals surface area contributed by atoms with E-state index in [1.165, 1.54) is 6.33 Å². The van der Waals surface area contributed by atoms with Crippen LogP contribution in [0.5, 0.6) is 17.4 Å². The first-order valence-corrected chi connectivity index (χ1v) is 8.24. The van der Waals surface area contributed by atoms with Crippen molar-refractivity contribution in [1.29, 1.82) is 0 Å². The zero-order valence-corrected chi connectivity index (χ0v) is 15.3. The Morgan fingerprint density at radius 2 is 1.65 bits per heavy atom. The Morgan fingerprint density at radius 3 is 2.35 bits per heavy atom. The Labute approximate surface area is 153 Å². The van der Waals surface area contributed by atoms with Crippen molar-refractivity contribution in [3.63, 3.8) is 0 Å². The number of hydrogen-bond acceptors (Lipinski definition) is 6. The summed E-state index contributed by atoms with van der Waals surface area (Å²) in [6.07, 6.45) is 1.42. The van der Waals surface area contributed by atoms with Crippen LogP contribution < -0.4 is 20.5 Å². The minimum Gasteiger partial charge on any atom is -0.495 e. The summed E-state index contributed by atoms with van der Waals surface area (Å²) in [4.78, 5) is 8.40. The lowest BCUT2D eigenvalue weighted by Gasteiger charge is -2.14. The third-order valence-corrected chi connectivity index (χ3v) is 3.87. The number of aryl methyl sites for hydroxylation is 3. The number of benzene rings is 2. The van der Waals surface area contributed by atoms with Crippen LogP contribution >= 0.6 is 0 Å². The lowest BCUT2D eigenvalue weighted by atomic mass is 10.1. The highest BCUT2D eigenvalue weighted by atomic mass is 16.5. The van der Waals surface area contributed by atoms with Crippen LogP contribution in [0.3, 0.4) is 0 Å². The van der Waals surface area contributed by atoms with Crippen molar-refractivity contribution in [2.45, 2.75) is 20.8 Å². The number of ether oxygens (including phenoxy) is 2. The molecule has 0 spiro atoms. The molecule has 0 aliphatic carbocycles. The van der Waals surface area contributed by atoms with Crippen LogP contribution in [0.4, 0.5) is 17.2 Å². The van der Waals surface area contributed by atoms with Crippen molar-refractivity contribution in [2.75, 3.05) is 18.2 Å². The fourth-order valence-electron chi connectivity index (χ4n) is 2.71. The number of methoxy groups -OCH3 is 1. The third-order valence-electron chi connectivity index (χ3n) is 3.87. The maximum Gasteiger partial charge on any atom is 0.248 e. The van der Waals surface area contributed by atoms with Gasteiger partial charge in [0.15, 0.2) is 5.82 Å². The second-order valence-electron chi connectivity index (χ2n) is 6.20. The first kappa shape index (κ1) is 17.5. The fraction of sp³-hybridized carbons (Fsp3) is 0.200. The minimum absolute atomic E-state index is 0.305. The van der Waals surface area contributed by atoms with Gasteiger partial charge in [0.2, 0.25) is 5.88 Å². The highest BCUT2D eigenvalue weighted by Gasteiger charge is 2.13. The average molecular weight is 350 g/mol. The molecule has 2 aromatic carbocycles. The molecule has 3 aromatic rings. The summed E-state index contributed by atoms with van der Waals surface area (Å²) in [5.41, 5.74) is 10.6. The molecule has 134 valence electrons. The monoisotopic (exact) mass is 350 g/mol. The summed E-state index contributed by atoms with van der Waals surface area (Å²) in [7, 11) is 1.62. The number of anilines is 3. The zero-order valence-electron chi connectivity index (χ0n) is 15.3. The van der Waals surface area contributed by atoms with Gasteiger partial charge in [-0.2, -0.15) is 4.98 Å². The van der Waals surface area contributed by atoms with E-state index < -0.39 is 0 Å². The van der Waals surface area contributed by atoms with Crippen LogP contribution in [0.2, 0.25) is 0 Å². The van der Waals surface area contributed by atoms with Crippen LogP contribution in [0.1, 0.15) is 16.7 Å². The number of nitrogens with zero attached hydrogens (tertiary/aromatic N) is 2. The molecule has 0 fully saturated rings. The Kier molecular flexibility index (Phi) is 4.93. The summed E-state index contributed by atoms with van der Waals surface area (Å²) in [6, 6.07) is 11.8. The van der Waals surface area contributed by atoms with Gasteiger partial charge in [-0.3, -0.25) is 0 Å². The summed E-state index contributed by atoms with van der Waals surface area (Å²) in [5, 5.41) is 3.20. The van der Waals surface area contributed by atoms with Crippen molar-refractivity contribution in [3.8, 4) is 17.4 Å². The SMILES string of the molecule is COc1ccc(C)cc1Nc1ncnc(Oc2cc(C)cc(C)c2)c1N. The molecule has 0 saturated heterocycles. The Morgan fingerprint density at radius 1 is 0.923 bits per heavy atom. The van der Waals surface area contributed by atoms with Gasteiger partial charge in [0.05, 0.1) is 12.8 Å². The standard InChI is InChI=1S/C20H22N4O2/c1-12-5-6-17(25-4)16(10-12)24-19-18(21)20(23-11-22-19)26-15-8-13(2)7-14(3)9-15/h5-11H,21H2,1-4H3,(H,22,23,24). The second kappa shape index (κ2) is 7.31. The molecule has 26 heavy (non-hydrogen) atoms. The lowest BCUT2D eigenvalue weighted by Crippen LogP contribution is -2.04. The molecule has 3 rings (SSSR count). The van der Waals surface area contributed by atoms with Crippen LogP contribution in [-0.4, -0.2) is 17.1 Å². The molecule has 0 aliphatic heterocycles. The summed E-state index contributed by atoms with van der Waals surface area (Å²) in [6.45, 7) is 6.03. The van der Waals surface area contributed by atoms with E-state index in [1.54, 1.807) is 7.11 Å². The lowest BCUT2D eigenvalue weighted by molar-refractivity contribution is 0.416. The Hall–Kier alpha value is -3.28. The van der Waals surface area contributed by atoms with Crippen molar-refractivity contribution >= 4 is 17.2 Å². The Balaban J connectivity index is 1.91. The summed E-state index contributed by atoms with van der Waals surface area (Å²) >= 11 is 0. The molecule has 0 saturated carbocycles. The van der Waals surface area contributed by atoms with Gasteiger partial charge in [0.25, 0.3) is 0 Å². The smallest absolute Gasteiger partial charge is 0.248 e. The summed E-state index contributed by atoms with van der Waals surface area (Å²) in [5.74, 6) is 2.15. The average Bonchev–Trinajstić information content (AvgIpc) is 2.58. The zero-order chi connectivity index (χ0) is 18.7. The van der Waals surface area contributed by atoms with E-state index in [0.29, 0.717) is 28.9 Å². The quantitative estimate of drug-likeness (QED) is 0.703. The molecule has 0 amide bonds. The van der Waals surface area contributed by atoms with Gasteiger partial charge in [0.1, 0.15) is 23.5 Å².